The predicted molar refractivity (Wildman–Crippen MR) is 82.1 cm³/mol. The molecular formula is C15H25NO5S. The molecule has 7 heteroatoms. The van der Waals surface area contributed by atoms with E-state index in [9.17, 15) is 23.1 Å². The van der Waals surface area contributed by atoms with Crippen molar-refractivity contribution in [2.45, 2.75) is 50.7 Å². The molecule has 2 rings (SSSR count). The van der Waals surface area contributed by atoms with Crippen LogP contribution in [-0.2, 0) is 19.4 Å². The number of rotatable bonds is 4. The molecule has 2 aliphatic rings. The van der Waals surface area contributed by atoms with Crippen molar-refractivity contribution in [3.8, 4) is 0 Å². The van der Waals surface area contributed by atoms with Crippen LogP contribution in [0.2, 0.25) is 0 Å². The number of carboxylic acids is 1. The Morgan fingerprint density at radius 3 is 2.05 bits per heavy atom. The number of carboxylic acid groups (broad SMARTS) is 1. The van der Waals surface area contributed by atoms with Gasteiger partial charge in [-0.3, -0.25) is 9.59 Å². The first-order valence-corrected chi connectivity index (χ1v) is 9.68. The molecule has 1 heterocycles. The van der Waals surface area contributed by atoms with Crippen LogP contribution in [-0.4, -0.2) is 54.4 Å². The van der Waals surface area contributed by atoms with Crippen molar-refractivity contribution < 1.29 is 23.1 Å². The van der Waals surface area contributed by atoms with Crippen LogP contribution < -0.4 is 0 Å². The summed E-state index contributed by atoms with van der Waals surface area (Å²) in [6.07, 6.45) is 3.65. The molecule has 0 aromatic carbocycles. The lowest BCUT2D eigenvalue weighted by Gasteiger charge is -2.33. The number of aliphatic carboxylic acids is 1. The third-order valence-corrected chi connectivity index (χ3v) is 7.63. The first-order valence-electron chi connectivity index (χ1n) is 7.79. The van der Waals surface area contributed by atoms with Crippen molar-refractivity contribution in [3.05, 3.63) is 0 Å². The summed E-state index contributed by atoms with van der Waals surface area (Å²) in [5, 5.41) is 9.57. The lowest BCUT2D eigenvalue weighted by molar-refractivity contribution is -0.151. The molecule has 0 aromatic heterocycles. The van der Waals surface area contributed by atoms with Crippen molar-refractivity contribution >= 4 is 21.7 Å². The van der Waals surface area contributed by atoms with Crippen LogP contribution in [0, 0.1) is 11.3 Å². The fraction of sp³-hybridized carbons (Fsp3) is 0.867. The fourth-order valence-electron chi connectivity index (χ4n) is 3.88. The lowest BCUT2D eigenvalue weighted by Crippen LogP contribution is -2.52. The average Bonchev–Trinajstić information content (AvgIpc) is 3.05. The Hall–Kier alpha value is -1.11. The highest BCUT2D eigenvalue weighted by Crippen LogP contribution is 2.43. The van der Waals surface area contributed by atoms with Crippen LogP contribution in [0.15, 0.2) is 0 Å². The van der Waals surface area contributed by atoms with Crippen molar-refractivity contribution in [2.24, 2.45) is 11.3 Å². The molecule has 2 fully saturated rings. The molecule has 1 saturated heterocycles. The summed E-state index contributed by atoms with van der Waals surface area (Å²) in [6.45, 7) is 4.10. The second kappa shape index (κ2) is 5.51. The molecule has 0 bridgehead atoms. The number of likely N-dealkylation sites (tertiary alicyclic amines) is 1. The Bertz CT molecular complexity index is 577. The molecule has 1 amide bonds. The van der Waals surface area contributed by atoms with Crippen LogP contribution in [0.1, 0.15) is 46.0 Å². The zero-order chi connectivity index (χ0) is 16.8. The molecule has 0 radical (unpaired) electrons. The molecule has 22 heavy (non-hydrogen) atoms. The summed E-state index contributed by atoms with van der Waals surface area (Å²) in [5.41, 5.74) is -0.965. The third kappa shape index (κ3) is 2.43. The highest BCUT2D eigenvalue weighted by atomic mass is 32.2. The van der Waals surface area contributed by atoms with Gasteiger partial charge < -0.3 is 10.0 Å². The molecule has 1 unspecified atom stereocenters. The topological polar surface area (TPSA) is 91.8 Å². The van der Waals surface area contributed by atoms with E-state index < -0.39 is 31.9 Å². The van der Waals surface area contributed by atoms with Crippen LogP contribution >= 0.6 is 0 Å². The van der Waals surface area contributed by atoms with Crippen LogP contribution in [0.25, 0.3) is 0 Å². The lowest BCUT2D eigenvalue weighted by atomic mass is 9.76. The van der Waals surface area contributed by atoms with Crippen LogP contribution in [0.3, 0.4) is 0 Å². The summed E-state index contributed by atoms with van der Waals surface area (Å²) in [4.78, 5) is 26.1. The van der Waals surface area contributed by atoms with E-state index in [2.05, 4.69) is 0 Å². The van der Waals surface area contributed by atoms with Gasteiger partial charge in [-0.25, -0.2) is 8.42 Å². The van der Waals surface area contributed by atoms with Gasteiger partial charge in [-0.05, 0) is 25.2 Å². The smallest absolute Gasteiger partial charge is 0.311 e. The number of nitrogens with zero attached hydrogens (tertiary/aromatic N) is 1. The summed E-state index contributed by atoms with van der Waals surface area (Å²) in [5.74, 6) is -1.41. The number of hydrogen-bond acceptors (Lipinski definition) is 4. The van der Waals surface area contributed by atoms with Gasteiger partial charge in [-0.1, -0.05) is 26.7 Å². The summed E-state index contributed by atoms with van der Waals surface area (Å²) >= 11 is 0. The standard InChI is InChI=1S/C15H25NO5S/c1-11(2)14(13(18)19)8-9-16(10-14)12(17)15(22(3,20)21)6-4-5-7-15/h11H,4-10H2,1-3H3,(H,18,19). The molecule has 1 N–H and O–H groups in total. The number of carbonyl (C=O) groups excluding carboxylic acids is 1. The molecule has 1 atom stereocenters. The Morgan fingerprint density at radius 2 is 1.68 bits per heavy atom. The monoisotopic (exact) mass is 331 g/mol. The fourth-order valence-corrected chi connectivity index (χ4v) is 5.35. The van der Waals surface area contributed by atoms with E-state index in [4.69, 9.17) is 0 Å². The Balaban J connectivity index is 2.30. The molecule has 0 spiro atoms. The van der Waals surface area contributed by atoms with Gasteiger partial charge in [0, 0.05) is 19.3 Å². The maximum Gasteiger partial charge on any atom is 0.311 e. The van der Waals surface area contributed by atoms with Crippen LogP contribution in [0.5, 0.6) is 0 Å². The minimum absolute atomic E-state index is 0.107. The van der Waals surface area contributed by atoms with E-state index in [0.717, 1.165) is 19.1 Å². The minimum atomic E-state index is -3.52. The highest BCUT2D eigenvalue weighted by molar-refractivity contribution is 7.92. The van der Waals surface area contributed by atoms with E-state index in [1.54, 1.807) is 0 Å². The number of hydrogen-bond donors (Lipinski definition) is 1. The molecule has 1 saturated carbocycles. The Kier molecular flexibility index (Phi) is 4.32. The SMILES string of the molecule is CC(C)C1(C(=O)O)CCN(C(=O)C2(S(C)(=O)=O)CCCC2)C1. The summed E-state index contributed by atoms with van der Waals surface area (Å²) < 4.78 is 23.1. The van der Waals surface area contributed by atoms with Gasteiger partial charge >= 0.3 is 5.97 Å². The van der Waals surface area contributed by atoms with Crippen molar-refractivity contribution in [1.29, 1.82) is 0 Å². The minimum Gasteiger partial charge on any atom is -0.481 e. The predicted octanol–water partition coefficient (Wildman–Crippen LogP) is 1.30. The molecule has 1 aliphatic carbocycles. The second-order valence-corrected chi connectivity index (χ2v) is 9.39. The van der Waals surface area contributed by atoms with Gasteiger partial charge in [0.2, 0.25) is 5.91 Å². The molecule has 0 aromatic rings. The van der Waals surface area contributed by atoms with Crippen molar-refractivity contribution in [3.63, 3.8) is 0 Å². The highest BCUT2D eigenvalue weighted by Gasteiger charge is 2.56. The van der Waals surface area contributed by atoms with Gasteiger partial charge in [-0.2, -0.15) is 0 Å². The normalized spacial score (nSPS) is 28.3. The van der Waals surface area contributed by atoms with Gasteiger partial charge in [0.05, 0.1) is 5.41 Å². The first kappa shape index (κ1) is 17.2. The van der Waals surface area contributed by atoms with Crippen molar-refractivity contribution in [2.75, 3.05) is 19.3 Å². The average molecular weight is 331 g/mol. The van der Waals surface area contributed by atoms with Gasteiger partial charge in [0.15, 0.2) is 14.6 Å². The van der Waals surface area contributed by atoms with Gasteiger partial charge in [0.1, 0.15) is 0 Å². The van der Waals surface area contributed by atoms with Crippen molar-refractivity contribution in [1.82, 2.24) is 4.90 Å². The quantitative estimate of drug-likeness (QED) is 0.838. The number of sulfone groups is 1. The molecule has 1 aliphatic heterocycles. The second-order valence-electron chi connectivity index (χ2n) is 7.07. The van der Waals surface area contributed by atoms with E-state index in [-0.39, 0.29) is 12.5 Å². The molecular weight excluding hydrogens is 306 g/mol. The Labute approximate surface area is 131 Å². The summed E-state index contributed by atoms with van der Waals surface area (Å²) in [7, 11) is -3.52. The third-order valence-electron chi connectivity index (χ3n) is 5.63. The maximum absolute atomic E-state index is 12.9. The molecule has 6 nitrogen and oxygen atoms in total. The summed E-state index contributed by atoms with van der Waals surface area (Å²) in [6, 6.07) is 0. The van der Waals surface area contributed by atoms with Gasteiger partial charge in [-0.15, -0.1) is 0 Å². The number of amides is 1. The number of carbonyl (C=O) groups is 2. The zero-order valence-corrected chi connectivity index (χ0v) is 14.3. The largest absolute Gasteiger partial charge is 0.481 e. The van der Waals surface area contributed by atoms with Gasteiger partial charge in [0.25, 0.3) is 0 Å². The Morgan fingerprint density at radius 1 is 1.14 bits per heavy atom. The van der Waals surface area contributed by atoms with Crippen LogP contribution in [0.4, 0.5) is 0 Å². The zero-order valence-electron chi connectivity index (χ0n) is 13.5. The van der Waals surface area contributed by atoms with E-state index in [1.165, 1.54) is 4.90 Å². The first-order chi connectivity index (χ1) is 10.1. The molecule has 126 valence electrons. The van der Waals surface area contributed by atoms with E-state index in [1.807, 2.05) is 13.8 Å². The van der Waals surface area contributed by atoms with E-state index in [0.29, 0.717) is 25.8 Å². The van der Waals surface area contributed by atoms with E-state index >= 15 is 0 Å². The maximum atomic E-state index is 12.9.